The van der Waals surface area contributed by atoms with Gasteiger partial charge in [-0.3, -0.25) is 0 Å². The van der Waals surface area contributed by atoms with Crippen LogP contribution in [-0.4, -0.2) is 51.7 Å². The Morgan fingerprint density at radius 3 is 2.65 bits per heavy atom. The van der Waals surface area contributed by atoms with Crippen molar-refractivity contribution in [3.63, 3.8) is 0 Å². The summed E-state index contributed by atoms with van der Waals surface area (Å²) in [6.45, 7) is 4.57. The fourth-order valence-corrected chi connectivity index (χ4v) is 4.18. The molecule has 3 aliphatic heterocycles. The highest BCUT2D eigenvalue weighted by molar-refractivity contribution is 4.93. The van der Waals surface area contributed by atoms with Crippen LogP contribution in [0.5, 0.6) is 0 Å². The molecule has 3 saturated heterocycles. The zero-order chi connectivity index (χ0) is 13.8. The molecule has 3 rings (SSSR count). The summed E-state index contributed by atoms with van der Waals surface area (Å²) in [5, 5.41) is 3.58. The highest BCUT2D eigenvalue weighted by atomic mass is 16.5. The van der Waals surface area contributed by atoms with Crippen molar-refractivity contribution in [3.8, 4) is 0 Å². The van der Waals surface area contributed by atoms with Crippen LogP contribution in [0.15, 0.2) is 0 Å². The van der Waals surface area contributed by atoms with Gasteiger partial charge in [0.05, 0.1) is 5.60 Å². The monoisotopic (exact) mass is 283 g/mol. The molecule has 0 bridgehead atoms. The smallest absolute Gasteiger partial charge is 0.0729 e. The normalized spacial score (nSPS) is 35.2. The maximum atomic E-state index is 6.17. The van der Waals surface area contributed by atoms with Gasteiger partial charge in [-0.05, 0) is 57.4 Å². The minimum absolute atomic E-state index is 0.114. The first kappa shape index (κ1) is 14.8. The van der Waals surface area contributed by atoms with Crippen LogP contribution < -0.4 is 5.32 Å². The quantitative estimate of drug-likeness (QED) is 0.856. The van der Waals surface area contributed by atoms with Crippen LogP contribution in [0.25, 0.3) is 0 Å². The Morgan fingerprint density at radius 1 is 1.10 bits per heavy atom. The lowest BCUT2D eigenvalue weighted by molar-refractivity contribution is -0.150. The molecular weight excluding hydrogens is 254 g/mol. The van der Waals surface area contributed by atoms with Crippen molar-refractivity contribution in [2.45, 2.75) is 50.2 Å². The van der Waals surface area contributed by atoms with Gasteiger partial charge < -0.3 is 19.5 Å². The summed E-state index contributed by atoms with van der Waals surface area (Å²) in [7, 11) is 2.12. The van der Waals surface area contributed by atoms with E-state index in [9.17, 15) is 0 Å². The second-order valence-electron chi connectivity index (χ2n) is 6.76. The van der Waals surface area contributed by atoms with Gasteiger partial charge in [0.1, 0.15) is 0 Å². The van der Waals surface area contributed by atoms with E-state index in [0.29, 0.717) is 6.04 Å². The predicted octanol–water partition coefficient (Wildman–Crippen LogP) is 1.98. The number of hydrogen-bond acceptors (Lipinski definition) is 4. The first-order valence-electron chi connectivity index (χ1n) is 8.28. The van der Waals surface area contributed by atoms with Gasteiger partial charge >= 0.3 is 0 Å². The van der Waals surface area contributed by atoms with E-state index in [2.05, 4.69) is 12.4 Å². The van der Waals surface area contributed by atoms with Crippen molar-refractivity contribution in [2.24, 2.45) is 11.8 Å². The summed E-state index contributed by atoms with van der Waals surface area (Å²) in [5.41, 5.74) is 0.114. The molecule has 3 atom stereocenters. The van der Waals surface area contributed by atoms with Crippen LogP contribution in [0.1, 0.15) is 38.5 Å². The molecule has 1 spiro atoms. The molecule has 20 heavy (non-hydrogen) atoms. The highest BCUT2D eigenvalue weighted by Crippen LogP contribution is 2.39. The Hall–Kier alpha value is -0.160. The zero-order valence-electron chi connectivity index (χ0n) is 12.7. The van der Waals surface area contributed by atoms with Crippen LogP contribution in [0.4, 0.5) is 0 Å². The Balaban J connectivity index is 1.58. The third kappa shape index (κ3) is 3.35. The molecule has 116 valence electrons. The highest BCUT2D eigenvalue weighted by Gasteiger charge is 2.41. The topological polar surface area (TPSA) is 39.7 Å². The molecule has 0 aromatic carbocycles. The summed E-state index contributed by atoms with van der Waals surface area (Å²) in [6.07, 6.45) is 7.05. The van der Waals surface area contributed by atoms with Crippen LogP contribution in [-0.2, 0) is 14.2 Å². The minimum atomic E-state index is 0.114. The molecule has 0 aliphatic carbocycles. The number of ether oxygens (including phenoxy) is 3. The maximum absolute atomic E-state index is 6.17. The van der Waals surface area contributed by atoms with E-state index in [0.717, 1.165) is 57.7 Å². The van der Waals surface area contributed by atoms with Crippen LogP contribution in [0, 0.1) is 11.8 Å². The fourth-order valence-electron chi connectivity index (χ4n) is 4.18. The van der Waals surface area contributed by atoms with Crippen molar-refractivity contribution < 1.29 is 14.2 Å². The summed E-state index contributed by atoms with van der Waals surface area (Å²) in [6, 6.07) is 0.616. The maximum Gasteiger partial charge on any atom is 0.0729 e. The van der Waals surface area contributed by atoms with Gasteiger partial charge in [0, 0.05) is 39.1 Å². The van der Waals surface area contributed by atoms with Gasteiger partial charge in [-0.15, -0.1) is 0 Å². The Bertz CT molecular complexity index is 293. The summed E-state index contributed by atoms with van der Waals surface area (Å²) in [4.78, 5) is 0. The van der Waals surface area contributed by atoms with E-state index >= 15 is 0 Å². The van der Waals surface area contributed by atoms with E-state index in [1.54, 1.807) is 0 Å². The Morgan fingerprint density at radius 2 is 1.95 bits per heavy atom. The second kappa shape index (κ2) is 6.73. The van der Waals surface area contributed by atoms with E-state index in [4.69, 9.17) is 14.2 Å². The van der Waals surface area contributed by atoms with Gasteiger partial charge in [-0.1, -0.05) is 0 Å². The number of hydrogen-bond donors (Lipinski definition) is 1. The van der Waals surface area contributed by atoms with Crippen LogP contribution in [0.2, 0.25) is 0 Å². The summed E-state index contributed by atoms with van der Waals surface area (Å²) >= 11 is 0. The molecule has 3 aliphatic rings. The Kier molecular flexibility index (Phi) is 4.97. The van der Waals surface area contributed by atoms with Gasteiger partial charge in [0.2, 0.25) is 0 Å². The van der Waals surface area contributed by atoms with Crippen LogP contribution in [0.3, 0.4) is 0 Å². The molecule has 0 aromatic heterocycles. The molecule has 3 heterocycles. The van der Waals surface area contributed by atoms with Crippen molar-refractivity contribution >= 4 is 0 Å². The van der Waals surface area contributed by atoms with E-state index in [-0.39, 0.29) is 5.60 Å². The van der Waals surface area contributed by atoms with Gasteiger partial charge in [-0.25, -0.2) is 0 Å². The lowest BCUT2D eigenvalue weighted by Gasteiger charge is -2.45. The van der Waals surface area contributed by atoms with Crippen LogP contribution >= 0.6 is 0 Å². The summed E-state index contributed by atoms with van der Waals surface area (Å²) in [5.74, 6) is 1.49. The average molecular weight is 283 g/mol. The summed E-state index contributed by atoms with van der Waals surface area (Å²) < 4.78 is 17.2. The van der Waals surface area contributed by atoms with E-state index < -0.39 is 0 Å². The largest absolute Gasteiger partial charge is 0.381 e. The second-order valence-corrected chi connectivity index (χ2v) is 6.76. The third-order valence-corrected chi connectivity index (χ3v) is 5.49. The molecule has 1 N–H and O–H groups in total. The number of rotatable bonds is 4. The molecule has 3 unspecified atom stereocenters. The van der Waals surface area contributed by atoms with Gasteiger partial charge in [0.15, 0.2) is 0 Å². The molecule has 0 radical (unpaired) electrons. The zero-order valence-corrected chi connectivity index (χ0v) is 12.7. The third-order valence-electron chi connectivity index (χ3n) is 5.49. The van der Waals surface area contributed by atoms with Crippen molar-refractivity contribution in [1.82, 2.24) is 5.32 Å². The molecule has 0 saturated carbocycles. The molecule has 4 heteroatoms. The molecule has 0 amide bonds. The Labute approximate surface area is 122 Å². The average Bonchev–Trinajstić information content (AvgIpc) is 2.98. The molecular formula is C16H29NO3. The van der Waals surface area contributed by atoms with Crippen molar-refractivity contribution in [3.05, 3.63) is 0 Å². The first-order chi connectivity index (χ1) is 9.81. The van der Waals surface area contributed by atoms with Crippen molar-refractivity contribution in [1.29, 1.82) is 0 Å². The number of nitrogens with one attached hydrogen (secondary N) is 1. The lowest BCUT2D eigenvalue weighted by Crippen LogP contribution is -2.49. The molecule has 3 fully saturated rings. The predicted molar refractivity (Wildman–Crippen MR) is 77.9 cm³/mol. The lowest BCUT2D eigenvalue weighted by atomic mass is 9.76. The van der Waals surface area contributed by atoms with Gasteiger partial charge in [-0.2, -0.15) is 0 Å². The van der Waals surface area contributed by atoms with E-state index in [1.807, 2.05) is 0 Å². The minimum Gasteiger partial charge on any atom is -0.381 e. The molecule has 0 aromatic rings. The van der Waals surface area contributed by atoms with E-state index in [1.165, 1.54) is 25.7 Å². The molecule has 4 nitrogen and oxygen atoms in total. The van der Waals surface area contributed by atoms with Gasteiger partial charge in [0.25, 0.3) is 0 Å². The SMILES string of the molecule is CNC(CC1CCOC1)C1CCOC2(CCOCC2)C1. The van der Waals surface area contributed by atoms with Crippen molar-refractivity contribution in [2.75, 3.05) is 40.1 Å². The standard InChI is InChI=1S/C16H29NO3/c1-17-15(10-13-2-6-19-12-13)14-3-7-20-16(11-14)4-8-18-9-5-16/h13-15,17H,2-12H2,1H3. The fraction of sp³-hybridized carbons (Fsp3) is 1.00. The first-order valence-corrected chi connectivity index (χ1v) is 8.28.